The molecule has 0 aromatic heterocycles. The molecule has 1 aromatic rings. The van der Waals surface area contributed by atoms with Crippen molar-refractivity contribution in [2.24, 2.45) is 5.92 Å². The Morgan fingerprint density at radius 3 is 2.43 bits per heavy atom. The Labute approximate surface area is 139 Å². The highest BCUT2D eigenvalue weighted by molar-refractivity contribution is 5.78. The maximum atomic E-state index is 12.7. The van der Waals surface area contributed by atoms with Gasteiger partial charge in [-0.15, -0.1) is 0 Å². The molecule has 4 nitrogen and oxygen atoms in total. The molecule has 0 N–H and O–H groups in total. The van der Waals surface area contributed by atoms with E-state index in [4.69, 9.17) is 9.47 Å². The minimum absolute atomic E-state index is 0.236. The lowest BCUT2D eigenvalue weighted by Gasteiger charge is -2.28. The first kappa shape index (κ1) is 17.8. The van der Waals surface area contributed by atoms with Crippen LogP contribution in [0.3, 0.4) is 0 Å². The molecule has 1 amide bonds. The van der Waals surface area contributed by atoms with E-state index >= 15 is 0 Å². The van der Waals surface area contributed by atoms with E-state index in [0.29, 0.717) is 25.7 Å². The third-order valence-corrected chi connectivity index (χ3v) is 4.50. The molecule has 0 bridgehead atoms. The molecule has 0 heterocycles. The van der Waals surface area contributed by atoms with Crippen molar-refractivity contribution in [3.63, 3.8) is 0 Å². The first-order valence-electron chi connectivity index (χ1n) is 8.74. The zero-order valence-electron chi connectivity index (χ0n) is 14.4. The van der Waals surface area contributed by atoms with Gasteiger partial charge in [0.25, 0.3) is 0 Å². The average Bonchev–Trinajstić information content (AvgIpc) is 2.61. The summed E-state index contributed by atoms with van der Waals surface area (Å²) in [6.07, 6.45) is 5.78. The summed E-state index contributed by atoms with van der Waals surface area (Å²) in [6.45, 7) is 4.65. The van der Waals surface area contributed by atoms with Crippen LogP contribution < -0.4 is 4.74 Å². The van der Waals surface area contributed by atoms with Gasteiger partial charge < -0.3 is 14.4 Å². The molecule has 4 heteroatoms. The lowest BCUT2D eigenvalue weighted by molar-refractivity contribution is -0.137. The third kappa shape index (κ3) is 5.54. The molecule has 1 aliphatic carbocycles. The molecule has 0 saturated heterocycles. The highest BCUT2D eigenvalue weighted by atomic mass is 16.5. The molecule has 0 aliphatic heterocycles. The van der Waals surface area contributed by atoms with Crippen LogP contribution in [0.4, 0.5) is 0 Å². The number of hydrogen-bond donors (Lipinski definition) is 0. The molecule has 1 aliphatic rings. The number of carbonyl (C=O) groups is 1. The minimum Gasteiger partial charge on any atom is -0.491 e. The van der Waals surface area contributed by atoms with Crippen molar-refractivity contribution in [2.45, 2.75) is 45.6 Å². The predicted octanol–water partition coefficient (Wildman–Crippen LogP) is 3.64. The zero-order chi connectivity index (χ0) is 16.5. The van der Waals surface area contributed by atoms with Gasteiger partial charge in [-0.25, -0.2) is 0 Å². The van der Waals surface area contributed by atoms with E-state index in [9.17, 15) is 4.79 Å². The molecule has 23 heavy (non-hydrogen) atoms. The molecule has 0 radical (unpaired) electrons. The van der Waals surface area contributed by atoms with Gasteiger partial charge >= 0.3 is 0 Å². The van der Waals surface area contributed by atoms with Crippen LogP contribution >= 0.6 is 0 Å². The summed E-state index contributed by atoms with van der Waals surface area (Å²) in [5, 5.41) is 0. The van der Waals surface area contributed by atoms with Gasteiger partial charge in [0.15, 0.2) is 0 Å². The topological polar surface area (TPSA) is 38.8 Å². The second kappa shape index (κ2) is 9.56. The number of carbonyl (C=O) groups excluding carboxylic acids is 1. The number of ether oxygens (including phenoxy) is 2. The monoisotopic (exact) mass is 319 g/mol. The van der Waals surface area contributed by atoms with E-state index in [1.54, 1.807) is 7.11 Å². The van der Waals surface area contributed by atoms with Crippen molar-refractivity contribution in [3.05, 3.63) is 29.8 Å². The smallest absolute Gasteiger partial charge is 0.225 e. The fraction of sp³-hybridized carbons (Fsp3) is 0.632. The summed E-state index contributed by atoms with van der Waals surface area (Å²) in [6, 6.07) is 8.01. The van der Waals surface area contributed by atoms with Gasteiger partial charge in [-0.2, -0.15) is 0 Å². The molecular weight excluding hydrogens is 290 g/mol. The molecular formula is C19H29NO3. The van der Waals surface area contributed by atoms with E-state index in [2.05, 4.69) is 6.92 Å². The normalized spacial score (nSPS) is 15.4. The summed E-state index contributed by atoms with van der Waals surface area (Å²) < 4.78 is 10.5. The van der Waals surface area contributed by atoms with Crippen LogP contribution in [0, 0.1) is 5.92 Å². The Morgan fingerprint density at radius 1 is 1.13 bits per heavy atom. The van der Waals surface area contributed by atoms with Gasteiger partial charge in [-0.1, -0.05) is 31.4 Å². The maximum Gasteiger partial charge on any atom is 0.225 e. The number of amides is 1. The molecule has 1 saturated carbocycles. The summed E-state index contributed by atoms with van der Waals surface area (Å²) in [5.41, 5.74) is 1.15. The van der Waals surface area contributed by atoms with Crippen molar-refractivity contribution in [1.29, 1.82) is 0 Å². The molecule has 128 valence electrons. The third-order valence-electron chi connectivity index (χ3n) is 4.50. The van der Waals surface area contributed by atoms with E-state index < -0.39 is 0 Å². The fourth-order valence-corrected chi connectivity index (χ4v) is 3.11. The Hall–Kier alpha value is -1.55. The largest absolute Gasteiger partial charge is 0.491 e. The van der Waals surface area contributed by atoms with Crippen molar-refractivity contribution < 1.29 is 14.3 Å². The molecule has 0 atom stereocenters. The molecule has 1 aromatic carbocycles. The lowest BCUT2D eigenvalue weighted by atomic mass is 9.88. The lowest BCUT2D eigenvalue weighted by Crippen LogP contribution is -2.36. The van der Waals surface area contributed by atoms with Gasteiger partial charge in [0.1, 0.15) is 12.4 Å². The number of rotatable bonds is 8. The second-order valence-corrected chi connectivity index (χ2v) is 6.17. The van der Waals surface area contributed by atoms with Gasteiger partial charge in [0.05, 0.1) is 6.61 Å². The van der Waals surface area contributed by atoms with Crippen LogP contribution in [0.25, 0.3) is 0 Å². The van der Waals surface area contributed by atoms with Gasteiger partial charge in [0, 0.05) is 26.1 Å². The van der Waals surface area contributed by atoms with Gasteiger partial charge in [-0.3, -0.25) is 4.79 Å². The first-order chi connectivity index (χ1) is 11.2. The Kier molecular flexibility index (Phi) is 7.40. The van der Waals surface area contributed by atoms with E-state index in [0.717, 1.165) is 30.7 Å². The first-order valence-corrected chi connectivity index (χ1v) is 8.74. The van der Waals surface area contributed by atoms with E-state index in [1.165, 1.54) is 19.3 Å². The van der Waals surface area contributed by atoms with Crippen molar-refractivity contribution in [3.8, 4) is 5.75 Å². The van der Waals surface area contributed by atoms with Crippen molar-refractivity contribution in [1.82, 2.24) is 4.90 Å². The van der Waals surface area contributed by atoms with Crippen molar-refractivity contribution >= 4 is 5.91 Å². The van der Waals surface area contributed by atoms with E-state index in [-0.39, 0.29) is 5.92 Å². The van der Waals surface area contributed by atoms with E-state index in [1.807, 2.05) is 29.2 Å². The molecule has 1 fully saturated rings. The quantitative estimate of drug-likeness (QED) is 0.687. The maximum absolute atomic E-state index is 12.7. The summed E-state index contributed by atoms with van der Waals surface area (Å²) in [7, 11) is 1.66. The zero-order valence-corrected chi connectivity index (χ0v) is 14.4. The number of hydrogen-bond acceptors (Lipinski definition) is 3. The van der Waals surface area contributed by atoms with Crippen LogP contribution in [0.2, 0.25) is 0 Å². The number of benzene rings is 1. The highest BCUT2D eigenvalue weighted by Gasteiger charge is 2.25. The summed E-state index contributed by atoms with van der Waals surface area (Å²) >= 11 is 0. The van der Waals surface area contributed by atoms with Crippen LogP contribution in [0.5, 0.6) is 5.75 Å². The minimum atomic E-state index is 0.236. The SMILES string of the molecule is CCN(Cc1ccc(OCCOC)cc1)C(=O)C1CCCCC1. The molecule has 2 rings (SSSR count). The number of nitrogens with zero attached hydrogens (tertiary/aromatic N) is 1. The van der Waals surface area contributed by atoms with Gasteiger partial charge in [0.2, 0.25) is 5.91 Å². The van der Waals surface area contributed by atoms with Crippen LogP contribution in [0.15, 0.2) is 24.3 Å². The van der Waals surface area contributed by atoms with Gasteiger partial charge in [-0.05, 0) is 37.5 Å². The Morgan fingerprint density at radius 2 is 1.83 bits per heavy atom. The standard InChI is InChI=1S/C19H29NO3/c1-3-20(19(21)17-7-5-4-6-8-17)15-16-9-11-18(12-10-16)23-14-13-22-2/h9-12,17H,3-8,13-15H2,1-2H3. The Balaban J connectivity index is 1.88. The predicted molar refractivity (Wildman–Crippen MR) is 91.5 cm³/mol. The highest BCUT2D eigenvalue weighted by Crippen LogP contribution is 2.26. The molecule has 0 spiro atoms. The van der Waals surface area contributed by atoms with Crippen LogP contribution in [-0.4, -0.2) is 37.7 Å². The van der Waals surface area contributed by atoms with Crippen molar-refractivity contribution in [2.75, 3.05) is 26.9 Å². The van der Waals surface area contributed by atoms with Crippen LogP contribution in [-0.2, 0) is 16.1 Å². The Bertz CT molecular complexity index is 466. The average molecular weight is 319 g/mol. The summed E-state index contributed by atoms with van der Waals surface area (Å²) in [4.78, 5) is 14.6. The summed E-state index contributed by atoms with van der Waals surface area (Å²) in [5.74, 6) is 1.40. The van der Waals surface area contributed by atoms with Crippen LogP contribution in [0.1, 0.15) is 44.6 Å². The second-order valence-electron chi connectivity index (χ2n) is 6.17. The number of methoxy groups -OCH3 is 1. The fourth-order valence-electron chi connectivity index (χ4n) is 3.11. The molecule has 0 unspecified atom stereocenters.